The Hall–Kier alpha value is -3.87. The van der Waals surface area contributed by atoms with Gasteiger partial charge in [-0.2, -0.15) is 5.10 Å². The van der Waals surface area contributed by atoms with E-state index >= 15 is 0 Å². The third-order valence-electron chi connectivity index (χ3n) is 7.35. The smallest absolute Gasteiger partial charge is 0.267 e. The molecular formula is C28H30N6O. The standard InChI is InChI=1S/C28H30N6O/c1-18(2)20-14-12-19(13-15-20)16-17-33-25(29-21-8-5-4-6-9-21)24-26(31-33)34-23-11-7-10-22(23)30-28(34)32(3)27(24)35/h4-6,8-9,12-15,22-23,29H,1,7,10-11,16-17H2,2-3H3/t22-,23+/m1/s1. The maximum absolute atomic E-state index is 13.6. The van der Waals surface area contributed by atoms with E-state index in [4.69, 9.17) is 10.1 Å². The molecule has 1 aromatic heterocycles. The summed E-state index contributed by atoms with van der Waals surface area (Å²) in [5.74, 6) is 2.15. The molecular weight excluding hydrogens is 436 g/mol. The van der Waals surface area contributed by atoms with Crippen LogP contribution in [0.1, 0.15) is 47.7 Å². The summed E-state index contributed by atoms with van der Waals surface area (Å²) in [4.78, 5) is 22.4. The molecule has 178 valence electrons. The first-order valence-electron chi connectivity index (χ1n) is 12.3. The van der Waals surface area contributed by atoms with Crippen molar-refractivity contribution in [1.29, 1.82) is 0 Å². The number of hydrogen-bond donors (Lipinski definition) is 1. The summed E-state index contributed by atoms with van der Waals surface area (Å²) in [6.07, 6.45) is 4.10. The Kier molecular flexibility index (Phi) is 5.20. The molecule has 0 bridgehead atoms. The quantitative estimate of drug-likeness (QED) is 0.550. The van der Waals surface area contributed by atoms with Gasteiger partial charge in [0.15, 0.2) is 5.82 Å². The van der Waals surface area contributed by atoms with Gasteiger partial charge in [-0.15, -0.1) is 0 Å². The van der Waals surface area contributed by atoms with Crippen LogP contribution < -0.4 is 10.2 Å². The minimum absolute atomic E-state index is 0.0644. The molecule has 0 unspecified atom stereocenters. The van der Waals surface area contributed by atoms with Crippen LogP contribution in [0.25, 0.3) is 5.57 Å². The number of amides is 1. The highest BCUT2D eigenvalue weighted by molar-refractivity contribution is 6.21. The number of aromatic nitrogens is 2. The fourth-order valence-electron chi connectivity index (χ4n) is 5.44. The minimum atomic E-state index is -0.0644. The van der Waals surface area contributed by atoms with Crippen molar-refractivity contribution in [1.82, 2.24) is 14.7 Å². The van der Waals surface area contributed by atoms with Crippen molar-refractivity contribution in [3.8, 4) is 0 Å². The number of anilines is 3. The van der Waals surface area contributed by atoms with Crippen molar-refractivity contribution >= 4 is 34.8 Å². The summed E-state index contributed by atoms with van der Waals surface area (Å²) in [7, 11) is 1.82. The van der Waals surface area contributed by atoms with Crippen LogP contribution in [-0.2, 0) is 13.0 Å². The Balaban J connectivity index is 1.39. The molecule has 3 aliphatic rings. The summed E-state index contributed by atoms with van der Waals surface area (Å²) in [5.41, 5.74) is 4.98. The number of nitrogens with zero attached hydrogens (tertiary/aromatic N) is 5. The second-order valence-electron chi connectivity index (χ2n) is 9.72. The zero-order valence-corrected chi connectivity index (χ0v) is 20.2. The Morgan fingerprint density at radius 1 is 1.11 bits per heavy atom. The minimum Gasteiger partial charge on any atom is -0.340 e. The van der Waals surface area contributed by atoms with Crippen molar-refractivity contribution in [3.63, 3.8) is 0 Å². The van der Waals surface area contributed by atoms with Gasteiger partial charge in [0.1, 0.15) is 11.4 Å². The Morgan fingerprint density at radius 3 is 2.63 bits per heavy atom. The molecule has 1 N–H and O–H groups in total. The number of para-hydroxylation sites is 1. The molecule has 1 fully saturated rings. The number of hydrogen-bond acceptors (Lipinski definition) is 5. The SMILES string of the molecule is C=C(C)c1ccc(CCn2nc3c(c2Nc2ccccc2)C(=O)N(C)C2=N[C@@H]4CCC[C@@H]4N23)cc1. The predicted octanol–water partition coefficient (Wildman–Crippen LogP) is 5.09. The number of nitrogens with one attached hydrogen (secondary N) is 1. The Bertz CT molecular complexity index is 1320. The van der Waals surface area contributed by atoms with Gasteiger partial charge in [-0.3, -0.25) is 14.6 Å². The van der Waals surface area contributed by atoms with Crippen LogP contribution in [0.4, 0.5) is 17.3 Å². The second-order valence-corrected chi connectivity index (χ2v) is 9.72. The van der Waals surface area contributed by atoms with Crippen molar-refractivity contribution in [3.05, 3.63) is 77.9 Å². The maximum atomic E-state index is 13.6. The van der Waals surface area contributed by atoms with E-state index < -0.39 is 0 Å². The summed E-state index contributed by atoms with van der Waals surface area (Å²) in [5, 5.41) is 8.54. The summed E-state index contributed by atoms with van der Waals surface area (Å²) in [6, 6.07) is 19.0. The van der Waals surface area contributed by atoms with Gasteiger partial charge in [0.05, 0.1) is 12.1 Å². The van der Waals surface area contributed by atoms with Crippen LogP contribution in [-0.4, -0.2) is 45.7 Å². The van der Waals surface area contributed by atoms with Crippen molar-refractivity contribution in [2.24, 2.45) is 4.99 Å². The largest absolute Gasteiger partial charge is 0.340 e. The molecule has 2 aliphatic heterocycles. The molecule has 0 radical (unpaired) electrons. The average molecular weight is 467 g/mol. The van der Waals surface area contributed by atoms with Gasteiger partial charge in [-0.1, -0.05) is 54.6 Å². The third kappa shape index (κ3) is 3.62. The van der Waals surface area contributed by atoms with Crippen LogP contribution in [0.3, 0.4) is 0 Å². The topological polar surface area (TPSA) is 65.8 Å². The lowest BCUT2D eigenvalue weighted by atomic mass is 10.1. The molecule has 3 heterocycles. The van der Waals surface area contributed by atoms with Crippen molar-refractivity contribution in [2.45, 2.75) is 51.2 Å². The van der Waals surface area contributed by atoms with Crippen LogP contribution in [0.15, 0.2) is 66.2 Å². The fraction of sp³-hybridized carbons (Fsp3) is 0.321. The van der Waals surface area contributed by atoms with E-state index in [-0.39, 0.29) is 18.0 Å². The number of fused-ring (bicyclic) bond motifs is 5. The second kappa shape index (κ2) is 8.41. The molecule has 0 spiro atoms. The number of carbonyl (C=O) groups is 1. The lowest BCUT2D eigenvalue weighted by Crippen LogP contribution is -2.51. The molecule has 1 amide bonds. The van der Waals surface area contributed by atoms with Gasteiger partial charge < -0.3 is 5.32 Å². The number of aryl methyl sites for hydroxylation is 2. The lowest BCUT2D eigenvalue weighted by molar-refractivity contribution is 0.0866. The monoisotopic (exact) mass is 466 g/mol. The Morgan fingerprint density at radius 2 is 1.89 bits per heavy atom. The Labute approximate surface area is 205 Å². The number of guanidine groups is 1. The van der Waals surface area contributed by atoms with Crippen molar-refractivity contribution < 1.29 is 4.79 Å². The predicted molar refractivity (Wildman–Crippen MR) is 140 cm³/mol. The molecule has 1 aliphatic carbocycles. The normalized spacial score (nSPS) is 20.4. The average Bonchev–Trinajstić information content (AvgIpc) is 3.56. The molecule has 1 saturated carbocycles. The van der Waals surface area contributed by atoms with Gasteiger partial charge in [0, 0.05) is 19.3 Å². The number of rotatable bonds is 6. The van der Waals surface area contributed by atoms with Gasteiger partial charge in [-0.25, -0.2) is 9.67 Å². The van der Waals surface area contributed by atoms with Crippen LogP contribution in [0, 0.1) is 0 Å². The molecule has 6 rings (SSSR count). The zero-order valence-electron chi connectivity index (χ0n) is 20.2. The molecule has 3 aromatic rings. The molecule has 7 heteroatoms. The van der Waals surface area contributed by atoms with E-state index in [1.165, 1.54) is 5.56 Å². The number of allylic oxidation sites excluding steroid dienone is 1. The molecule has 2 atom stereocenters. The highest BCUT2D eigenvalue weighted by atomic mass is 16.2. The van der Waals surface area contributed by atoms with Crippen LogP contribution in [0.5, 0.6) is 0 Å². The van der Waals surface area contributed by atoms with E-state index in [1.807, 2.05) is 49.0 Å². The first-order valence-corrected chi connectivity index (χ1v) is 12.3. The molecule has 2 aromatic carbocycles. The van der Waals surface area contributed by atoms with Crippen LogP contribution >= 0.6 is 0 Å². The fourth-order valence-corrected chi connectivity index (χ4v) is 5.44. The van der Waals surface area contributed by atoms with Gasteiger partial charge in [-0.05, 0) is 55.9 Å². The van der Waals surface area contributed by atoms with Crippen molar-refractivity contribution in [2.75, 3.05) is 17.3 Å². The molecule has 7 nitrogen and oxygen atoms in total. The summed E-state index contributed by atoms with van der Waals surface area (Å²) in [6.45, 7) is 6.70. The summed E-state index contributed by atoms with van der Waals surface area (Å²) >= 11 is 0. The number of carbonyl (C=O) groups excluding carboxylic acids is 1. The first-order chi connectivity index (χ1) is 17.0. The van der Waals surface area contributed by atoms with E-state index in [1.54, 1.807) is 4.90 Å². The highest BCUT2D eigenvalue weighted by Crippen LogP contribution is 2.42. The van der Waals surface area contributed by atoms with E-state index in [0.717, 1.165) is 60.1 Å². The number of benzene rings is 2. The van der Waals surface area contributed by atoms with E-state index in [9.17, 15) is 4.79 Å². The van der Waals surface area contributed by atoms with E-state index in [2.05, 4.69) is 41.1 Å². The molecule has 0 saturated heterocycles. The third-order valence-corrected chi connectivity index (χ3v) is 7.35. The maximum Gasteiger partial charge on any atom is 0.267 e. The highest BCUT2D eigenvalue weighted by Gasteiger charge is 2.49. The lowest BCUT2D eigenvalue weighted by Gasteiger charge is -2.34. The number of aliphatic imine (C=N–C) groups is 1. The zero-order chi connectivity index (χ0) is 24.1. The van der Waals surface area contributed by atoms with Gasteiger partial charge >= 0.3 is 0 Å². The van der Waals surface area contributed by atoms with E-state index in [0.29, 0.717) is 12.1 Å². The first kappa shape index (κ1) is 21.6. The summed E-state index contributed by atoms with van der Waals surface area (Å²) < 4.78 is 1.96. The molecule has 35 heavy (non-hydrogen) atoms. The van der Waals surface area contributed by atoms with Gasteiger partial charge in [0.25, 0.3) is 5.91 Å². The van der Waals surface area contributed by atoms with Crippen LogP contribution in [0.2, 0.25) is 0 Å². The van der Waals surface area contributed by atoms with Gasteiger partial charge in [0.2, 0.25) is 5.96 Å².